The van der Waals surface area contributed by atoms with Crippen molar-refractivity contribution in [2.45, 2.75) is 6.42 Å². The molecule has 0 aliphatic carbocycles. The fourth-order valence-electron chi connectivity index (χ4n) is 2.50. The van der Waals surface area contributed by atoms with Gasteiger partial charge in [0.05, 0.1) is 6.20 Å². The first-order valence-electron chi connectivity index (χ1n) is 7.03. The second-order valence-electron chi connectivity index (χ2n) is 5.19. The Morgan fingerprint density at radius 1 is 1.41 bits per heavy atom. The Morgan fingerprint density at radius 2 is 2.23 bits per heavy atom. The summed E-state index contributed by atoms with van der Waals surface area (Å²) in [5.41, 5.74) is 1.02. The molecule has 1 aromatic carbocycles. The molecular weight excluding hydrogens is 305 g/mol. The molecule has 116 valence electrons. The zero-order chi connectivity index (χ0) is 15.4. The first-order valence-corrected chi connectivity index (χ1v) is 7.81. The number of carbonyl (C=O) groups excluding carboxylic acids is 1. The van der Waals surface area contributed by atoms with Gasteiger partial charge in [0.25, 0.3) is 0 Å². The first kappa shape index (κ1) is 14.7. The van der Waals surface area contributed by atoms with Gasteiger partial charge in [-0.05, 0) is 36.6 Å². The summed E-state index contributed by atoms with van der Waals surface area (Å²) in [5, 5.41) is 9.82. The van der Waals surface area contributed by atoms with Crippen LogP contribution in [0.3, 0.4) is 0 Å². The van der Waals surface area contributed by atoms with Crippen molar-refractivity contribution in [2.75, 3.05) is 29.9 Å². The first-order chi connectivity index (χ1) is 10.7. The molecule has 0 radical (unpaired) electrons. The maximum atomic E-state index is 12.9. The van der Waals surface area contributed by atoms with Crippen molar-refractivity contribution in [2.24, 2.45) is 5.92 Å². The zero-order valence-corrected chi connectivity index (χ0v) is 12.6. The number of nitrogens with zero attached hydrogens (tertiary/aromatic N) is 3. The van der Waals surface area contributed by atoms with E-state index in [1.54, 1.807) is 12.1 Å². The SMILES string of the molecule is O=C(NCC1CCN(c2ccc(F)cc2)C1)Nc1cnns1. The van der Waals surface area contributed by atoms with Crippen molar-refractivity contribution in [1.29, 1.82) is 0 Å². The minimum absolute atomic E-state index is 0.226. The number of hydrogen-bond donors (Lipinski definition) is 2. The van der Waals surface area contributed by atoms with Gasteiger partial charge in [0, 0.05) is 36.9 Å². The number of hydrogen-bond acceptors (Lipinski definition) is 5. The summed E-state index contributed by atoms with van der Waals surface area (Å²) in [6.07, 6.45) is 2.51. The number of rotatable bonds is 4. The molecule has 1 aliphatic heterocycles. The van der Waals surface area contributed by atoms with Gasteiger partial charge in [-0.2, -0.15) is 0 Å². The highest BCUT2D eigenvalue weighted by Crippen LogP contribution is 2.23. The van der Waals surface area contributed by atoms with Crippen molar-refractivity contribution in [3.63, 3.8) is 0 Å². The lowest BCUT2D eigenvalue weighted by Crippen LogP contribution is -2.34. The van der Waals surface area contributed by atoms with Crippen LogP contribution < -0.4 is 15.5 Å². The van der Waals surface area contributed by atoms with E-state index in [-0.39, 0.29) is 11.8 Å². The maximum absolute atomic E-state index is 12.9. The van der Waals surface area contributed by atoms with Gasteiger partial charge in [-0.1, -0.05) is 4.49 Å². The van der Waals surface area contributed by atoms with Crippen molar-refractivity contribution >= 4 is 28.3 Å². The summed E-state index contributed by atoms with van der Waals surface area (Å²) in [7, 11) is 0. The van der Waals surface area contributed by atoms with Crippen LogP contribution in [0, 0.1) is 11.7 Å². The molecule has 8 heteroatoms. The zero-order valence-electron chi connectivity index (χ0n) is 11.8. The molecule has 2 amide bonds. The van der Waals surface area contributed by atoms with E-state index in [2.05, 4.69) is 25.1 Å². The van der Waals surface area contributed by atoms with Gasteiger partial charge < -0.3 is 10.2 Å². The second-order valence-corrected chi connectivity index (χ2v) is 5.98. The van der Waals surface area contributed by atoms with E-state index >= 15 is 0 Å². The van der Waals surface area contributed by atoms with Crippen LogP contribution in [0.25, 0.3) is 0 Å². The third-order valence-electron chi connectivity index (χ3n) is 3.63. The molecule has 3 rings (SSSR count). The number of amides is 2. The number of nitrogens with one attached hydrogen (secondary N) is 2. The Hall–Kier alpha value is -2.22. The Kier molecular flexibility index (Phi) is 4.47. The lowest BCUT2D eigenvalue weighted by Gasteiger charge is -2.18. The van der Waals surface area contributed by atoms with E-state index in [0.717, 1.165) is 36.7 Å². The van der Waals surface area contributed by atoms with Crippen molar-refractivity contribution in [3.05, 3.63) is 36.3 Å². The molecule has 1 fully saturated rings. The largest absolute Gasteiger partial charge is 0.371 e. The van der Waals surface area contributed by atoms with Gasteiger partial charge in [-0.25, -0.2) is 9.18 Å². The molecule has 1 atom stereocenters. The molecular formula is C14H16FN5OS. The van der Waals surface area contributed by atoms with E-state index in [0.29, 0.717) is 17.5 Å². The lowest BCUT2D eigenvalue weighted by atomic mass is 10.1. The lowest BCUT2D eigenvalue weighted by molar-refractivity contribution is 0.250. The van der Waals surface area contributed by atoms with Crippen LogP contribution in [0.15, 0.2) is 30.5 Å². The number of urea groups is 1. The summed E-state index contributed by atoms with van der Waals surface area (Å²) < 4.78 is 16.6. The summed E-state index contributed by atoms with van der Waals surface area (Å²) in [6.45, 7) is 2.38. The molecule has 1 unspecified atom stereocenters. The van der Waals surface area contributed by atoms with E-state index < -0.39 is 0 Å². The van der Waals surface area contributed by atoms with E-state index in [1.807, 2.05) is 0 Å². The Bertz CT molecular complexity index is 619. The highest BCUT2D eigenvalue weighted by atomic mass is 32.1. The topological polar surface area (TPSA) is 70.2 Å². The van der Waals surface area contributed by atoms with E-state index in [1.165, 1.54) is 18.3 Å². The quantitative estimate of drug-likeness (QED) is 0.907. The minimum atomic E-state index is -0.244. The molecule has 0 spiro atoms. The number of aromatic nitrogens is 2. The number of carbonyl (C=O) groups is 1. The summed E-state index contributed by atoms with van der Waals surface area (Å²) >= 11 is 1.14. The number of anilines is 2. The van der Waals surface area contributed by atoms with Crippen LogP contribution in [0.2, 0.25) is 0 Å². The van der Waals surface area contributed by atoms with Gasteiger partial charge in [0.15, 0.2) is 0 Å². The highest BCUT2D eigenvalue weighted by Gasteiger charge is 2.23. The molecule has 1 aliphatic rings. The minimum Gasteiger partial charge on any atom is -0.371 e. The monoisotopic (exact) mass is 321 g/mol. The maximum Gasteiger partial charge on any atom is 0.319 e. The highest BCUT2D eigenvalue weighted by molar-refractivity contribution is 7.10. The number of halogens is 1. The van der Waals surface area contributed by atoms with Gasteiger partial charge in [-0.15, -0.1) is 5.10 Å². The third-order valence-corrected chi connectivity index (χ3v) is 4.21. The number of benzene rings is 1. The smallest absolute Gasteiger partial charge is 0.319 e. The molecule has 0 saturated carbocycles. The van der Waals surface area contributed by atoms with Gasteiger partial charge in [-0.3, -0.25) is 5.32 Å². The molecule has 6 nitrogen and oxygen atoms in total. The van der Waals surface area contributed by atoms with Crippen LogP contribution >= 0.6 is 11.5 Å². The molecule has 2 N–H and O–H groups in total. The van der Waals surface area contributed by atoms with Gasteiger partial charge in [0.2, 0.25) is 0 Å². The van der Waals surface area contributed by atoms with Crippen LogP contribution in [0.4, 0.5) is 19.9 Å². The fourth-order valence-corrected chi connectivity index (χ4v) is 2.92. The van der Waals surface area contributed by atoms with Gasteiger partial charge >= 0.3 is 6.03 Å². The van der Waals surface area contributed by atoms with Crippen molar-refractivity contribution in [3.8, 4) is 0 Å². The predicted molar refractivity (Wildman–Crippen MR) is 83.7 cm³/mol. The van der Waals surface area contributed by atoms with Crippen LogP contribution in [-0.2, 0) is 0 Å². The average Bonchev–Trinajstić information content (AvgIpc) is 3.17. The molecule has 1 saturated heterocycles. The molecule has 0 bridgehead atoms. The van der Waals surface area contributed by atoms with Crippen LogP contribution in [0.5, 0.6) is 0 Å². The van der Waals surface area contributed by atoms with E-state index in [9.17, 15) is 9.18 Å². The van der Waals surface area contributed by atoms with Gasteiger partial charge in [0.1, 0.15) is 10.8 Å². The summed E-state index contributed by atoms with van der Waals surface area (Å²) in [5.74, 6) is 0.158. The Balaban J connectivity index is 1.45. The Labute approximate surface area is 131 Å². The average molecular weight is 321 g/mol. The summed E-state index contributed by atoms with van der Waals surface area (Å²) in [4.78, 5) is 13.9. The fraction of sp³-hybridized carbons (Fsp3) is 0.357. The van der Waals surface area contributed by atoms with E-state index in [4.69, 9.17) is 0 Å². The molecule has 2 aromatic rings. The summed E-state index contributed by atoms with van der Waals surface area (Å²) in [6, 6.07) is 6.27. The van der Waals surface area contributed by atoms with Crippen molar-refractivity contribution in [1.82, 2.24) is 14.9 Å². The second kappa shape index (κ2) is 6.69. The molecule has 1 aromatic heterocycles. The van der Waals surface area contributed by atoms with Crippen molar-refractivity contribution < 1.29 is 9.18 Å². The van der Waals surface area contributed by atoms with Crippen LogP contribution in [0.1, 0.15) is 6.42 Å². The standard InChI is InChI=1S/C14H16FN5OS/c15-11-1-3-12(4-2-11)20-6-5-10(9-20)7-16-14(21)18-13-8-17-19-22-13/h1-4,8,10H,5-7,9H2,(H2,16,18,21). The Morgan fingerprint density at radius 3 is 2.95 bits per heavy atom. The van der Waals surface area contributed by atoms with Crippen LogP contribution in [-0.4, -0.2) is 35.3 Å². The predicted octanol–water partition coefficient (Wildman–Crippen LogP) is 2.33. The molecule has 2 heterocycles. The normalized spacial score (nSPS) is 17.5. The third kappa shape index (κ3) is 3.70. The molecule has 22 heavy (non-hydrogen) atoms.